The second-order valence-corrected chi connectivity index (χ2v) is 4.75. The maximum Gasteiger partial charge on any atom is 0.196 e. The topological polar surface area (TPSA) is 30.2 Å². The van der Waals surface area contributed by atoms with E-state index in [0.717, 1.165) is 11.1 Å². The summed E-state index contributed by atoms with van der Waals surface area (Å²) in [4.78, 5) is 12.4. The molecule has 19 heavy (non-hydrogen) atoms. The molecule has 3 rings (SSSR count). The van der Waals surface area contributed by atoms with Crippen molar-refractivity contribution in [2.45, 2.75) is 13.3 Å². The molecule has 0 bridgehead atoms. The van der Waals surface area contributed by atoms with E-state index >= 15 is 0 Å². The molecule has 0 aliphatic heterocycles. The summed E-state index contributed by atoms with van der Waals surface area (Å²) in [6.07, 6.45) is 2.18. The molecule has 0 unspecified atom stereocenters. The lowest BCUT2D eigenvalue weighted by molar-refractivity contribution is 0.594. The highest BCUT2D eigenvalue weighted by Crippen LogP contribution is 2.15. The van der Waals surface area contributed by atoms with Gasteiger partial charge in [0.2, 0.25) is 0 Å². The van der Waals surface area contributed by atoms with Crippen LogP contribution in [0.5, 0.6) is 0 Å². The van der Waals surface area contributed by atoms with Crippen molar-refractivity contribution in [3.8, 4) is 0 Å². The summed E-state index contributed by atoms with van der Waals surface area (Å²) in [6.45, 7) is 1.98. The summed E-state index contributed by atoms with van der Waals surface area (Å²) < 4.78 is 5.58. The Labute approximate surface area is 111 Å². The van der Waals surface area contributed by atoms with Crippen LogP contribution in [-0.2, 0) is 6.42 Å². The molecular weight excluding hydrogens is 236 g/mol. The van der Waals surface area contributed by atoms with Crippen molar-refractivity contribution >= 4 is 11.0 Å². The van der Waals surface area contributed by atoms with Gasteiger partial charge in [-0.25, -0.2) is 0 Å². The second-order valence-electron chi connectivity index (χ2n) is 4.75. The Balaban J connectivity index is 2.08. The van der Waals surface area contributed by atoms with Crippen molar-refractivity contribution in [3.05, 3.63) is 81.7 Å². The van der Waals surface area contributed by atoms with E-state index in [0.29, 0.717) is 23.0 Å². The van der Waals surface area contributed by atoms with E-state index in [2.05, 4.69) is 0 Å². The van der Waals surface area contributed by atoms with Gasteiger partial charge in [-0.05, 0) is 30.2 Å². The Kier molecular flexibility index (Phi) is 2.92. The SMILES string of the molecule is Cc1ccc2c(=O)c(Cc3ccccc3)coc2c1. The molecular formula is C17H14O2. The zero-order valence-electron chi connectivity index (χ0n) is 10.7. The molecule has 2 nitrogen and oxygen atoms in total. The van der Waals surface area contributed by atoms with Crippen LogP contribution in [0.1, 0.15) is 16.7 Å². The van der Waals surface area contributed by atoms with Crippen molar-refractivity contribution in [2.24, 2.45) is 0 Å². The van der Waals surface area contributed by atoms with Gasteiger partial charge in [-0.15, -0.1) is 0 Å². The van der Waals surface area contributed by atoms with Crippen LogP contribution in [0.25, 0.3) is 11.0 Å². The third-order valence-corrected chi connectivity index (χ3v) is 3.24. The highest BCUT2D eigenvalue weighted by atomic mass is 16.3. The van der Waals surface area contributed by atoms with Gasteiger partial charge in [-0.2, -0.15) is 0 Å². The molecule has 0 saturated heterocycles. The maximum atomic E-state index is 12.4. The van der Waals surface area contributed by atoms with Crippen molar-refractivity contribution in [3.63, 3.8) is 0 Å². The number of fused-ring (bicyclic) bond motifs is 1. The first-order valence-electron chi connectivity index (χ1n) is 6.29. The van der Waals surface area contributed by atoms with Crippen LogP contribution in [0, 0.1) is 6.92 Å². The Morgan fingerprint density at radius 3 is 2.63 bits per heavy atom. The first kappa shape index (κ1) is 11.7. The zero-order valence-corrected chi connectivity index (χ0v) is 10.7. The molecule has 2 heteroatoms. The third kappa shape index (κ3) is 2.29. The monoisotopic (exact) mass is 250 g/mol. The first-order chi connectivity index (χ1) is 9.24. The molecule has 0 atom stereocenters. The number of aryl methyl sites for hydroxylation is 1. The lowest BCUT2D eigenvalue weighted by Gasteiger charge is -2.03. The van der Waals surface area contributed by atoms with Crippen LogP contribution in [0.2, 0.25) is 0 Å². The van der Waals surface area contributed by atoms with Crippen LogP contribution in [0.3, 0.4) is 0 Å². The number of benzene rings is 2. The van der Waals surface area contributed by atoms with Crippen molar-refractivity contribution in [1.29, 1.82) is 0 Å². The van der Waals surface area contributed by atoms with Gasteiger partial charge in [-0.3, -0.25) is 4.79 Å². The maximum absolute atomic E-state index is 12.4. The van der Waals surface area contributed by atoms with Gasteiger partial charge in [0, 0.05) is 12.0 Å². The van der Waals surface area contributed by atoms with Crippen LogP contribution in [-0.4, -0.2) is 0 Å². The first-order valence-corrected chi connectivity index (χ1v) is 6.29. The summed E-state index contributed by atoms with van der Waals surface area (Å²) in [5, 5.41) is 0.652. The lowest BCUT2D eigenvalue weighted by atomic mass is 10.0. The summed E-state index contributed by atoms with van der Waals surface area (Å²) in [5.41, 5.74) is 3.61. The molecule has 0 saturated carbocycles. The van der Waals surface area contributed by atoms with Gasteiger partial charge in [-0.1, -0.05) is 36.4 Å². The second kappa shape index (κ2) is 4.73. The van der Waals surface area contributed by atoms with E-state index in [9.17, 15) is 4.79 Å². The molecule has 94 valence electrons. The minimum absolute atomic E-state index is 0.0603. The van der Waals surface area contributed by atoms with Gasteiger partial charge in [0.05, 0.1) is 11.6 Å². The molecule has 0 fully saturated rings. The fourth-order valence-electron chi connectivity index (χ4n) is 2.21. The quantitative estimate of drug-likeness (QED) is 0.694. The van der Waals surface area contributed by atoms with Gasteiger partial charge < -0.3 is 4.42 Å². The van der Waals surface area contributed by atoms with Crippen LogP contribution >= 0.6 is 0 Å². The predicted octanol–water partition coefficient (Wildman–Crippen LogP) is 3.69. The third-order valence-electron chi connectivity index (χ3n) is 3.24. The van der Waals surface area contributed by atoms with Gasteiger partial charge in [0.1, 0.15) is 5.58 Å². The molecule has 1 aromatic heterocycles. The van der Waals surface area contributed by atoms with E-state index < -0.39 is 0 Å². The van der Waals surface area contributed by atoms with E-state index in [1.54, 1.807) is 6.26 Å². The van der Waals surface area contributed by atoms with Crippen molar-refractivity contribution in [2.75, 3.05) is 0 Å². The summed E-state index contributed by atoms with van der Waals surface area (Å²) in [7, 11) is 0. The zero-order chi connectivity index (χ0) is 13.2. The molecule has 2 aromatic carbocycles. The molecule has 3 aromatic rings. The minimum Gasteiger partial charge on any atom is -0.464 e. The summed E-state index contributed by atoms with van der Waals surface area (Å²) in [5.74, 6) is 0. The van der Waals surface area contributed by atoms with E-state index in [1.165, 1.54) is 0 Å². The minimum atomic E-state index is 0.0603. The lowest BCUT2D eigenvalue weighted by Crippen LogP contribution is -2.09. The van der Waals surface area contributed by atoms with Gasteiger partial charge in [0.25, 0.3) is 0 Å². The van der Waals surface area contributed by atoms with Crippen molar-refractivity contribution in [1.82, 2.24) is 0 Å². The van der Waals surface area contributed by atoms with Crippen LogP contribution in [0.15, 0.2) is 64.0 Å². The summed E-state index contributed by atoms with van der Waals surface area (Å²) >= 11 is 0. The number of rotatable bonds is 2. The average molecular weight is 250 g/mol. The van der Waals surface area contributed by atoms with Crippen molar-refractivity contribution < 1.29 is 4.42 Å². The molecule has 0 aliphatic rings. The normalized spacial score (nSPS) is 10.8. The molecule has 0 aliphatic carbocycles. The van der Waals surface area contributed by atoms with Gasteiger partial charge in [0.15, 0.2) is 5.43 Å². The van der Waals surface area contributed by atoms with E-state index in [-0.39, 0.29) is 5.43 Å². The summed E-state index contributed by atoms with van der Waals surface area (Å²) in [6, 6.07) is 15.6. The smallest absolute Gasteiger partial charge is 0.196 e. The van der Waals surface area contributed by atoms with Gasteiger partial charge >= 0.3 is 0 Å². The van der Waals surface area contributed by atoms with Crippen LogP contribution < -0.4 is 5.43 Å². The largest absolute Gasteiger partial charge is 0.464 e. The number of hydrogen-bond acceptors (Lipinski definition) is 2. The predicted molar refractivity (Wildman–Crippen MR) is 76.5 cm³/mol. The fraction of sp³-hybridized carbons (Fsp3) is 0.118. The highest BCUT2D eigenvalue weighted by molar-refractivity contribution is 5.77. The Morgan fingerprint density at radius 2 is 1.84 bits per heavy atom. The molecule has 0 spiro atoms. The Morgan fingerprint density at radius 1 is 1.05 bits per heavy atom. The van der Waals surface area contributed by atoms with E-state index in [4.69, 9.17) is 4.42 Å². The number of hydrogen-bond donors (Lipinski definition) is 0. The average Bonchev–Trinajstić information content (AvgIpc) is 2.43. The molecule has 1 heterocycles. The van der Waals surface area contributed by atoms with Crippen LogP contribution in [0.4, 0.5) is 0 Å². The molecule has 0 radical (unpaired) electrons. The van der Waals surface area contributed by atoms with E-state index in [1.807, 2.05) is 55.5 Å². The molecule has 0 amide bonds. The standard InChI is InChI=1S/C17H14O2/c1-12-7-8-15-16(9-12)19-11-14(17(15)18)10-13-5-3-2-4-6-13/h2-9,11H,10H2,1H3. The Hall–Kier alpha value is -2.35. The highest BCUT2D eigenvalue weighted by Gasteiger charge is 2.07. The fourth-order valence-corrected chi connectivity index (χ4v) is 2.21. The Bertz CT molecular complexity index is 770. The molecule has 0 N–H and O–H groups in total.